The first kappa shape index (κ1) is 15.2. The van der Waals surface area contributed by atoms with Crippen molar-refractivity contribution in [2.45, 2.75) is 25.4 Å². The topological polar surface area (TPSA) is 20.3 Å². The van der Waals surface area contributed by atoms with Crippen molar-refractivity contribution in [1.29, 1.82) is 0 Å². The predicted octanol–water partition coefficient (Wildman–Crippen LogP) is 4.53. The standard InChI is InChI=1S/C17H14BrF2NO/c18-12-4-7-16(20)15(9-12)17(22)21(14-5-6-14)10-11-2-1-3-13(19)8-11/h1-4,7-9,14H,5-6,10H2. The zero-order valence-electron chi connectivity index (χ0n) is 11.7. The van der Waals surface area contributed by atoms with Crippen LogP contribution in [0.25, 0.3) is 0 Å². The van der Waals surface area contributed by atoms with Gasteiger partial charge in [0.25, 0.3) is 5.91 Å². The summed E-state index contributed by atoms with van der Waals surface area (Å²) in [6.45, 7) is 0.285. The van der Waals surface area contributed by atoms with Crippen molar-refractivity contribution in [1.82, 2.24) is 4.90 Å². The van der Waals surface area contributed by atoms with Crippen LogP contribution in [0.3, 0.4) is 0 Å². The van der Waals surface area contributed by atoms with E-state index in [1.165, 1.54) is 24.3 Å². The number of hydrogen-bond donors (Lipinski definition) is 0. The Morgan fingerprint density at radius 2 is 1.95 bits per heavy atom. The fraction of sp³-hybridized carbons (Fsp3) is 0.235. The van der Waals surface area contributed by atoms with Crippen molar-refractivity contribution in [3.05, 3.63) is 69.7 Å². The summed E-state index contributed by atoms with van der Waals surface area (Å²) in [6, 6.07) is 10.6. The molecule has 22 heavy (non-hydrogen) atoms. The Labute approximate surface area is 135 Å². The van der Waals surface area contributed by atoms with Gasteiger partial charge >= 0.3 is 0 Å². The highest BCUT2D eigenvalue weighted by atomic mass is 79.9. The Morgan fingerprint density at radius 3 is 2.64 bits per heavy atom. The van der Waals surface area contributed by atoms with Crippen LogP contribution in [0.4, 0.5) is 8.78 Å². The quantitative estimate of drug-likeness (QED) is 0.779. The molecular formula is C17H14BrF2NO. The molecule has 0 saturated heterocycles. The van der Waals surface area contributed by atoms with E-state index in [0.717, 1.165) is 12.8 Å². The lowest BCUT2D eigenvalue weighted by Crippen LogP contribution is -2.33. The maximum absolute atomic E-state index is 13.9. The smallest absolute Gasteiger partial charge is 0.257 e. The molecule has 0 bridgehead atoms. The third-order valence-corrected chi connectivity index (χ3v) is 4.14. The van der Waals surface area contributed by atoms with Gasteiger partial charge in [-0.1, -0.05) is 28.1 Å². The fourth-order valence-corrected chi connectivity index (χ4v) is 2.76. The van der Waals surface area contributed by atoms with Crippen LogP contribution >= 0.6 is 15.9 Å². The van der Waals surface area contributed by atoms with Gasteiger partial charge in [-0.3, -0.25) is 4.79 Å². The summed E-state index contributed by atoms with van der Waals surface area (Å²) in [6.07, 6.45) is 1.80. The number of carbonyl (C=O) groups is 1. The van der Waals surface area contributed by atoms with Crippen molar-refractivity contribution in [2.24, 2.45) is 0 Å². The summed E-state index contributed by atoms with van der Waals surface area (Å²) >= 11 is 3.26. The minimum absolute atomic E-state index is 0.0395. The minimum Gasteiger partial charge on any atom is -0.331 e. The molecule has 0 aliphatic heterocycles. The molecule has 1 saturated carbocycles. The molecule has 0 aromatic heterocycles. The molecule has 2 aromatic rings. The van der Waals surface area contributed by atoms with E-state index in [4.69, 9.17) is 0 Å². The second-order valence-corrected chi connectivity index (χ2v) is 6.33. The molecule has 0 unspecified atom stereocenters. The molecule has 5 heteroatoms. The van der Waals surface area contributed by atoms with Crippen LogP contribution in [0.2, 0.25) is 0 Å². The number of halogens is 3. The molecule has 0 N–H and O–H groups in total. The van der Waals surface area contributed by atoms with Crippen LogP contribution in [0.5, 0.6) is 0 Å². The van der Waals surface area contributed by atoms with Gasteiger partial charge in [0.2, 0.25) is 0 Å². The molecule has 0 atom stereocenters. The van der Waals surface area contributed by atoms with E-state index < -0.39 is 5.82 Å². The summed E-state index contributed by atoms with van der Waals surface area (Å²) in [5.41, 5.74) is 0.744. The zero-order valence-corrected chi connectivity index (χ0v) is 13.3. The highest BCUT2D eigenvalue weighted by Crippen LogP contribution is 2.31. The molecule has 2 aromatic carbocycles. The second-order valence-electron chi connectivity index (χ2n) is 5.42. The summed E-state index contributed by atoms with van der Waals surface area (Å²) in [5.74, 6) is -1.24. The third-order valence-electron chi connectivity index (χ3n) is 3.65. The van der Waals surface area contributed by atoms with Gasteiger partial charge in [-0.05, 0) is 48.7 Å². The van der Waals surface area contributed by atoms with Crippen molar-refractivity contribution < 1.29 is 13.6 Å². The lowest BCUT2D eigenvalue weighted by Gasteiger charge is -2.23. The van der Waals surface area contributed by atoms with E-state index in [9.17, 15) is 13.6 Å². The van der Waals surface area contributed by atoms with Crippen molar-refractivity contribution in [3.8, 4) is 0 Å². The molecule has 0 spiro atoms. The van der Waals surface area contributed by atoms with Crippen LogP contribution in [0.1, 0.15) is 28.8 Å². The SMILES string of the molecule is O=C(c1cc(Br)ccc1F)N(Cc1cccc(F)c1)C1CC1. The maximum atomic E-state index is 13.9. The first-order chi connectivity index (χ1) is 10.5. The maximum Gasteiger partial charge on any atom is 0.257 e. The number of benzene rings is 2. The monoisotopic (exact) mass is 365 g/mol. The van der Waals surface area contributed by atoms with E-state index in [1.54, 1.807) is 23.1 Å². The summed E-state index contributed by atoms with van der Waals surface area (Å²) < 4.78 is 27.9. The van der Waals surface area contributed by atoms with Crippen LogP contribution in [0, 0.1) is 11.6 Å². The van der Waals surface area contributed by atoms with E-state index in [0.29, 0.717) is 10.0 Å². The summed E-state index contributed by atoms with van der Waals surface area (Å²) in [5, 5.41) is 0. The average Bonchev–Trinajstić information content (AvgIpc) is 3.31. The molecule has 0 radical (unpaired) electrons. The zero-order chi connectivity index (χ0) is 15.7. The largest absolute Gasteiger partial charge is 0.331 e. The van der Waals surface area contributed by atoms with E-state index in [-0.39, 0.29) is 29.9 Å². The molecule has 1 aliphatic rings. The highest BCUT2D eigenvalue weighted by Gasteiger charge is 2.34. The van der Waals surface area contributed by atoms with Gasteiger partial charge in [-0.15, -0.1) is 0 Å². The normalized spacial score (nSPS) is 14.0. The average molecular weight is 366 g/mol. The molecular weight excluding hydrogens is 352 g/mol. The molecule has 1 fully saturated rings. The highest BCUT2D eigenvalue weighted by molar-refractivity contribution is 9.10. The molecule has 1 aliphatic carbocycles. The number of rotatable bonds is 4. The number of carbonyl (C=O) groups excluding carboxylic acids is 1. The van der Waals surface area contributed by atoms with Crippen molar-refractivity contribution in [2.75, 3.05) is 0 Å². The van der Waals surface area contributed by atoms with E-state index >= 15 is 0 Å². The van der Waals surface area contributed by atoms with Crippen molar-refractivity contribution in [3.63, 3.8) is 0 Å². The predicted molar refractivity (Wildman–Crippen MR) is 83.4 cm³/mol. The fourth-order valence-electron chi connectivity index (χ4n) is 2.40. The summed E-state index contributed by atoms with van der Waals surface area (Å²) in [7, 11) is 0. The Balaban J connectivity index is 1.88. The summed E-state index contributed by atoms with van der Waals surface area (Å²) in [4.78, 5) is 14.3. The Kier molecular flexibility index (Phi) is 4.25. The van der Waals surface area contributed by atoms with Gasteiger partial charge in [-0.25, -0.2) is 8.78 Å². The Morgan fingerprint density at radius 1 is 1.18 bits per heavy atom. The van der Waals surface area contributed by atoms with Crippen molar-refractivity contribution >= 4 is 21.8 Å². The third kappa shape index (κ3) is 3.35. The van der Waals surface area contributed by atoms with Crippen LogP contribution in [0.15, 0.2) is 46.9 Å². The van der Waals surface area contributed by atoms with E-state index in [1.807, 2.05) is 0 Å². The van der Waals surface area contributed by atoms with Gasteiger partial charge in [0.05, 0.1) is 5.56 Å². The van der Waals surface area contributed by atoms with Crippen LogP contribution < -0.4 is 0 Å². The minimum atomic E-state index is -0.543. The molecule has 114 valence electrons. The van der Waals surface area contributed by atoms with Gasteiger partial charge in [-0.2, -0.15) is 0 Å². The van der Waals surface area contributed by atoms with E-state index in [2.05, 4.69) is 15.9 Å². The first-order valence-electron chi connectivity index (χ1n) is 7.05. The lowest BCUT2D eigenvalue weighted by atomic mass is 10.1. The van der Waals surface area contributed by atoms with Gasteiger partial charge in [0.15, 0.2) is 0 Å². The first-order valence-corrected chi connectivity index (χ1v) is 7.84. The molecule has 0 heterocycles. The van der Waals surface area contributed by atoms with Gasteiger partial charge < -0.3 is 4.90 Å². The molecule has 2 nitrogen and oxygen atoms in total. The second kappa shape index (κ2) is 6.16. The number of amides is 1. The number of nitrogens with zero attached hydrogens (tertiary/aromatic N) is 1. The lowest BCUT2D eigenvalue weighted by molar-refractivity contribution is 0.0725. The van der Waals surface area contributed by atoms with Gasteiger partial charge in [0, 0.05) is 17.1 Å². The molecule has 1 amide bonds. The molecule has 3 rings (SSSR count). The Bertz CT molecular complexity index is 716. The van der Waals surface area contributed by atoms with Gasteiger partial charge in [0.1, 0.15) is 11.6 Å². The Hall–Kier alpha value is -1.75. The number of hydrogen-bond acceptors (Lipinski definition) is 1. The van der Waals surface area contributed by atoms with Crippen LogP contribution in [-0.4, -0.2) is 16.8 Å². The van der Waals surface area contributed by atoms with Crippen LogP contribution in [-0.2, 0) is 6.54 Å².